The normalized spacial score (nSPS) is 13.1. The molecule has 0 saturated heterocycles. The third-order valence-corrected chi connectivity index (χ3v) is 5.67. The molecule has 0 fully saturated rings. The van der Waals surface area contributed by atoms with E-state index < -0.39 is 15.1 Å². The first-order chi connectivity index (χ1) is 9.45. The van der Waals surface area contributed by atoms with Gasteiger partial charge in [-0.2, -0.15) is 0 Å². The zero-order valence-corrected chi connectivity index (χ0v) is 12.5. The van der Waals surface area contributed by atoms with E-state index in [1.54, 1.807) is 24.3 Å². The molecule has 106 valence electrons. The molecular formula is C15H15ClO3S. The zero-order chi connectivity index (χ0) is 14.8. The van der Waals surface area contributed by atoms with Crippen molar-refractivity contribution in [2.24, 2.45) is 0 Å². The van der Waals surface area contributed by atoms with Crippen LogP contribution in [0.25, 0.3) is 0 Å². The maximum absolute atomic E-state index is 12.7. The van der Waals surface area contributed by atoms with Crippen molar-refractivity contribution >= 4 is 21.4 Å². The second-order valence-electron chi connectivity index (χ2n) is 4.49. The van der Waals surface area contributed by atoms with Crippen LogP contribution in [-0.2, 0) is 9.84 Å². The van der Waals surface area contributed by atoms with Crippen LogP contribution in [0, 0.1) is 0 Å². The molecule has 1 unspecified atom stereocenters. The van der Waals surface area contributed by atoms with E-state index in [-0.39, 0.29) is 10.6 Å². The van der Waals surface area contributed by atoms with Gasteiger partial charge in [-0.3, -0.25) is 0 Å². The molecule has 0 bridgehead atoms. The summed E-state index contributed by atoms with van der Waals surface area (Å²) in [6.07, 6.45) is 0.425. The average Bonchev–Trinajstić information content (AvgIpc) is 2.40. The Morgan fingerprint density at radius 1 is 1.15 bits per heavy atom. The second-order valence-corrected chi connectivity index (χ2v) is 7.06. The van der Waals surface area contributed by atoms with Crippen molar-refractivity contribution in [1.82, 2.24) is 0 Å². The Bertz CT molecular complexity index is 693. The summed E-state index contributed by atoms with van der Waals surface area (Å²) < 4.78 is 25.3. The van der Waals surface area contributed by atoms with E-state index in [0.29, 0.717) is 17.0 Å². The van der Waals surface area contributed by atoms with Crippen molar-refractivity contribution < 1.29 is 13.5 Å². The number of phenols is 1. The fraction of sp³-hybridized carbons (Fsp3) is 0.200. The quantitative estimate of drug-likeness (QED) is 0.929. The van der Waals surface area contributed by atoms with Gasteiger partial charge >= 0.3 is 0 Å². The molecule has 1 atom stereocenters. The number of halogens is 1. The van der Waals surface area contributed by atoms with Crippen LogP contribution in [0.2, 0.25) is 5.02 Å². The number of hydrogen-bond donors (Lipinski definition) is 1. The summed E-state index contributed by atoms with van der Waals surface area (Å²) in [5, 5.41) is 9.33. The van der Waals surface area contributed by atoms with Crippen LogP contribution in [0.3, 0.4) is 0 Å². The lowest BCUT2D eigenvalue weighted by Crippen LogP contribution is -2.13. The van der Waals surface area contributed by atoms with E-state index in [1.807, 2.05) is 6.92 Å². The molecule has 3 nitrogen and oxygen atoms in total. The SMILES string of the molecule is CCC(c1cccc(O)c1)S(=O)(=O)c1ccc(Cl)cc1. The molecule has 2 rings (SSSR count). The number of aromatic hydroxyl groups is 1. The van der Waals surface area contributed by atoms with Crippen LogP contribution >= 0.6 is 11.6 Å². The molecule has 2 aromatic rings. The molecule has 1 N–H and O–H groups in total. The van der Waals surface area contributed by atoms with Crippen LogP contribution in [0.5, 0.6) is 5.75 Å². The highest BCUT2D eigenvalue weighted by Gasteiger charge is 2.27. The van der Waals surface area contributed by atoms with Gasteiger partial charge in [-0.25, -0.2) is 8.42 Å². The van der Waals surface area contributed by atoms with E-state index in [4.69, 9.17) is 11.6 Å². The van der Waals surface area contributed by atoms with Gasteiger partial charge in [-0.15, -0.1) is 0 Å². The van der Waals surface area contributed by atoms with E-state index in [9.17, 15) is 13.5 Å². The molecule has 0 aliphatic heterocycles. The van der Waals surface area contributed by atoms with Crippen molar-refractivity contribution in [3.63, 3.8) is 0 Å². The van der Waals surface area contributed by atoms with Crippen LogP contribution in [0.4, 0.5) is 0 Å². The summed E-state index contributed by atoms with van der Waals surface area (Å²) in [6, 6.07) is 12.5. The molecule has 2 aromatic carbocycles. The van der Waals surface area contributed by atoms with Crippen molar-refractivity contribution in [2.45, 2.75) is 23.5 Å². The summed E-state index contributed by atoms with van der Waals surface area (Å²) in [5.41, 5.74) is 0.586. The first-order valence-corrected chi connectivity index (χ1v) is 8.16. The molecule has 0 heterocycles. The van der Waals surface area contributed by atoms with Gasteiger partial charge in [-0.1, -0.05) is 30.7 Å². The van der Waals surface area contributed by atoms with Crippen molar-refractivity contribution in [3.8, 4) is 5.75 Å². The smallest absolute Gasteiger partial charge is 0.185 e. The second kappa shape index (κ2) is 5.85. The standard InChI is InChI=1S/C15H15ClO3S/c1-2-15(11-4-3-5-13(17)10-11)20(18,19)14-8-6-12(16)7-9-14/h3-10,15,17H,2H2,1H3. The Labute approximate surface area is 123 Å². The Morgan fingerprint density at radius 3 is 2.35 bits per heavy atom. The summed E-state index contributed by atoms with van der Waals surface area (Å²) in [7, 11) is -3.51. The summed E-state index contributed by atoms with van der Waals surface area (Å²) in [6.45, 7) is 1.81. The molecule has 0 amide bonds. The van der Waals surface area contributed by atoms with E-state index in [1.165, 1.54) is 24.3 Å². The molecule has 0 aliphatic rings. The topological polar surface area (TPSA) is 54.4 Å². The number of rotatable bonds is 4. The summed E-state index contributed by atoms with van der Waals surface area (Å²) in [5.74, 6) is 0.0623. The van der Waals surface area contributed by atoms with Crippen LogP contribution in [-0.4, -0.2) is 13.5 Å². The fourth-order valence-electron chi connectivity index (χ4n) is 2.15. The molecular weight excluding hydrogens is 296 g/mol. The van der Waals surface area contributed by atoms with E-state index in [2.05, 4.69) is 0 Å². The Morgan fingerprint density at radius 2 is 1.80 bits per heavy atom. The first kappa shape index (κ1) is 14.9. The molecule has 0 aliphatic carbocycles. The predicted octanol–water partition coefficient (Wildman–Crippen LogP) is 3.97. The summed E-state index contributed by atoms with van der Waals surface area (Å²) >= 11 is 5.79. The number of hydrogen-bond acceptors (Lipinski definition) is 3. The van der Waals surface area contributed by atoms with Crippen molar-refractivity contribution in [1.29, 1.82) is 0 Å². The van der Waals surface area contributed by atoms with Gasteiger partial charge in [0.1, 0.15) is 5.75 Å². The molecule has 20 heavy (non-hydrogen) atoms. The van der Waals surface area contributed by atoms with Gasteiger partial charge in [0.15, 0.2) is 9.84 Å². The largest absolute Gasteiger partial charge is 0.508 e. The highest BCUT2D eigenvalue weighted by Crippen LogP contribution is 2.33. The van der Waals surface area contributed by atoms with Gasteiger partial charge in [0.2, 0.25) is 0 Å². The Hall–Kier alpha value is -1.52. The van der Waals surface area contributed by atoms with Crippen molar-refractivity contribution in [3.05, 3.63) is 59.1 Å². The number of sulfone groups is 1. The van der Waals surface area contributed by atoms with Crippen LogP contribution < -0.4 is 0 Å². The van der Waals surface area contributed by atoms with Crippen molar-refractivity contribution in [2.75, 3.05) is 0 Å². The lowest BCUT2D eigenvalue weighted by Gasteiger charge is -2.16. The molecule has 0 saturated carbocycles. The lowest BCUT2D eigenvalue weighted by molar-refractivity contribution is 0.474. The van der Waals surface area contributed by atoms with Crippen LogP contribution in [0.1, 0.15) is 24.2 Å². The monoisotopic (exact) mass is 310 g/mol. The minimum absolute atomic E-state index is 0.0623. The maximum Gasteiger partial charge on any atom is 0.185 e. The Balaban J connectivity index is 2.47. The average molecular weight is 311 g/mol. The Kier molecular flexibility index (Phi) is 4.35. The third kappa shape index (κ3) is 2.97. The van der Waals surface area contributed by atoms with Gasteiger partial charge in [0.05, 0.1) is 10.1 Å². The van der Waals surface area contributed by atoms with Gasteiger partial charge < -0.3 is 5.11 Å². The zero-order valence-electron chi connectivity index (χ0n) is 11.0. The molecule has 5 heteroatoms. The van der Waals surface area contributed by atoms with Gasteiger partial charge in [0, 0.05) is 5.02 Å². The molecule has 0 spiro atoms. The number of phenolic OH excluding ortho intramolecular Hbond substituents is 1. The van der Waals surface area contributed by atoms with Gasteiger partial charge in [-0.05, 0) is 48.4 Å². The third-order valence-electron chi connectivity index (χ3n) is 3.13. The fourth-order valence-corrected chi connectivity index (χ4v) is 4.06. The molecule has 0 radical (unpaired) electrons. The minimum atomic E-state index is -3.51. The highest BCUT2D eigenvalue weighted by molar-refractivity contribution is 7.91. The van der Waals surface area contributed by atoms with Crippen LogP contribution in [0.15, 0.2) is 53.4 Å². The van der Waals surface area contributed by atoms with E-state index >= 15 is 0 Å². The highest BCUT2D eigenvalue weighted by atomic mass is 35.5. The molecule has 0 aromatic heterocycles. The summed E-state index contributed by atoms with van der Waals surface area (Å²) in [4.78, 5) is 0.233. The van der Waals surface area contributed by atoms with E-state index in [0.717, 1.165) is 0 Å². The lowest BCUT2D eigenvalue weighted by atomic mass is 10.1. The minimum Gasteiger partial charge on any atom is -0.508 e. The predicted molar refractivity (Wildman–Crippen MR) is 79.8 cm³/mol. The maximum atomic E-state index is 12.7. The van der Waals surface area contributed by atoms with Gasteiger partial charge in [0.25, 0.3) is 0 Å². The first-order valence-electron chi connectivity index (χ1n) is 6.23. The number of benzene rings is 2.